The van der Waals surface area contributed by atoms with Crippen molar-refractivity contribution in [3.05, 3.63) is 94.5 Å². The number of benzene rings is 3. The number of thioether (sulfide) groups is 1. The standard InChI is InChI=1S/C21H17ClN2O2S/c22-14-11-16(19(25)13-7-3-1-4-8-13)18(23)17(12-14)20(21(24)26)27-15-9-5-2-6-10-15/h1-12,20H,23H2,(H2,24,26). The van der Waals surface area contributed by atoms with Gasteiger partial charge in [-0.2, -0.15) is 0 Å². The first-order valence-electron chi connectivity index (χ1n) is 8.17. The number of anilines is 1. The molecule has 0 saturated heterocycles. The summed E-state index contributed by atoms with van der Waals surface area (Å²) in [5, 5.41) is -0.452. The average Bonchev–Trinajstić information content (AvgIpc) is 2.68. The Morgan fingerprint density at radius 1 is 0.926 bits per heavy atom. The summed E-state index contributed by atoms with van der Waals surface area (Å²) in [5.74, 6) is -0.819. The number of nitrogens with two attached hydrogens (primary N) is 2. The van der Waals surface area contributed by atoms with Crippen molar-refractivity contribution in [2.45, 2.75) is 10.1 Å². The second-order valence-corrected chi connectivity index (χ2v) is 7.48. The van der Waals surface area contributed by atoms with Gasteiger partial charge in [0, 0.05) is 32.3 Å². The minimum absolute atomic E-state index is 0.209. The maximum Gasteiger partial charge on any atom is 0.235 e. The van der Waals surface area contributed by atoms with E-state index < -0.39 is 11.2 Å². The van der Waals surface area contributed by atoms with Crippen LogP contribution in [-0.2, 0) is 4.79 Å². The monoisotopic (exact) mass is 396 g/mol. The molecule has 0 fully saturated rings. The first-order valence-corrected chi connectivity index (χ1v) is 9.43. The van der Waals surface area contributed by atoms with E-state index in [9.17, 15) is 9.59 Å². The van der Waals surface area contributed by atoms with E-state index in [1.165, 1.54) is 17.8 Å². The molecule has 3 aromatic rings. The molecule has 6 heteroatoms. The summed E-state index contributed by atoms with van der Waals surface area (Å²) in [5.41, 5.74) is 13.3. The Balaban J connectivity index is 2.05. The molecule has 1 atom stereocenters. The number of nitrogen functional groups attached to an aromatic ring is 1. The van der Waals surface area contributed by atoms with E-state index in [0.29, 0.717) is 16.1 Å². The first kappa shape index (κ1) is 19.0. The molecule has 0 spiro atoms. The lowest BCUT2D eigenvalue weighted by Crippen LogP contribution is -2.21. The SMILES string of the molecule is NC(=O)C(Sc1ccccc1)c1cc(Cl)cc(C(=O)c2ccccc2)c1N. The number of hydrogen-bond donors (Lipinski definition) is 2. The number of primary amides is 1. The predicted octanol–water partition coefficient (Wildman–Crippen LogP) is 4.47. The highest BCUT2D eigenvalue weighted by Gasteiger charge is 2.25. The summed E-state index contributed by atoms with van der Waals surface area (Å²) in [6, 6.07) is 21.2. The molecule has 3 aromatic carbocycles. The number of ketones is 1. The smallest absolute Gasteiger partial charge is 0.235 e. The number of hydrogen-bond acceptors (Lipinski definition) is 4. The van der Waals surface area contributed by atoms with E-state index in [4.69, 9.17) is 23.1 Å². The van der Waals surface area contributed by atoms with Gasteiger partial charge >= 0.3 is 0 Å². The second kappa shape index (κ2) is 8.29. The van der Waals surface area contributed by atoms with Crippen LogP contribution in [0.3, 0.4) is 0 Å². The van der Waals surface area contributed by atoms with Crippen molar-refractivity contribution in [2.24, 2.45) is 5.73 Å². The summed E-state index contributed by atoms with van der Waals surface area (Å²) in [6.07, 6.45) is 0. The van der Waals surface area contributed by atoms with E-state index in [2.05, 4.69) is 0 Å². The van der Waals surface area contributed by atoms with Crippen LogP contribution in [0.1, 0.15) is 26.7 Å². The summed E-state index contributed by atoms with van der Waals surface area (Å²) in [7, 11) is 0. The average molecular weight is 397 g/mol. The highest BCUT2D eigenvalue weighted by Crippen LogP contribution is 2.40. The van der Waals surface area contributed by atoms with Gasteiger partial charge in [0.05, 0.1) is 0 Å². The van der Waals surface area contributed by atoms with Crippen LogP contribution in [-0.4, -0.2) is 11.7 Å². The van der Waals surface area contributed by atoms with E-state index >= 15 is 0 Å². The van der Waals surface area contributed by atoms with Gasteiger partial charge in [-0.3, -0.25) is 9.59 Å². The maximum absolute atomic E-state index is 12.9. The molecule has 0 bridgehead atoms. The summed E-state index contributed by atoms with van der Waals surface area (Å²) >= 11 is 7.50. The molecule has 136 valence electrons. The lowest BCUT2D eigenvalue weighted by Gasteiger charge is -2.18. The van der Waals surface area contributed by atoms with E-state index in [1.54, 1.807) is 30.3 Å². The molecule has 27 heavy (non-hydrogen) atoms. The predicted molar refractivity (Wildman–Crippen MR) is 110 cm³/mol. The van der Waals surface area contributed by atoms with Crippen molar-refractivity contribution in [1.82, 2.24) is 0 Å². The van der Waals surface area contributed by atoms with Crippen molar-refractivity contribution >= 4 is 40.7 Å². The largest absolute Gasteiger partial charge is 0.398 e. The Hall–Kier alpha value is -2.76. The van der Waals surface area contributed by atoms with Gasteiger partial charge in [0.1, 0.15) is 5.25 Å². The van der Waals surface area contributed by atoms with Crippen molar-refractivity contribution in [3.63, 3.8) is 0 Å². The third kappa shape index (κ3) is 4.32. The summed E-state index contributed by atoms with van der Waals surface area (Å²) in [4.78, 5) is 25.9. The Labute approximate surface area is 166 Å². The van der Waals surface area contributed by atoms with Crippen LogP contribution in [0.15, 0.2) is 77.7 Å². The van der Waals surface area contributed by atoms with Crippen LogP contribution >= 0.6 is 23.4 Å². The highest BCUT2D eigenvalue weighted by molar-refractivity contribution is 8.00. The fourth-order valence-electron chi connectivity index (χ4n) is 2.70. The highest BCUT2D eigenvalue weighted by atomic mass is 35.5. The Kier molecular flexibility index (Phi) is 5.84. The normalized spacial score (nSPS) is 11.7. The van der Waals surface area contributed by atoms with Crippen LogP contribution in [0, 0.1) is 0 Å². The molecule has 4 N–H and O–H groups in total. The Morgan fingerprint density at radius 3 is 2.11 bits per heavy atom. The van der Waals surface area contributed by atoms with Crippen molar-refractivity contribution < 1.29 is 9.59 Å². The summed E-state index contributed by atoms with van der Waals surface area (Å²) in [6.45, 7) is 0. The van der Waals surface area contributed by atoms with Crippen LogP contribution in [0.4, 0.5) is 5.69 Å². The molecule has 0 radical (unpaired) electrons. The molecular weight excluding hydrogens is 380 g/mol. The lowest BCUT2D eigenvalue weighted by molar-refractivity contribution is -0.117. The third-order valence-electron chi connectivity index (χ3n) is 4.00. The van der Waals surface area contributed by atoms with Crippen LogP contribution < -0.4 is 11.5 Å². The van der Waals surface area contributed by atoms with Crippen LogP contribution in [0.5, 0.6) is 0 Å². The molecule has 0 heterocycles. The topological polar surface area (TPSA) is 86.2 Å². The second-order valence-electron chi connectivity index (χ2n) is 5.86. The van der Waals surface area contributed by atoms with Crippen LogP contribution in [0.2, 0.25) is 5.02 Å². The van der Waals surface area contributed by atoms with Crippen molar-refractivity contribution in [3.8, 4) is 0 Å². The zero-order valence-electron chi connectivity index (χ0n) is 14.3. The Morgan fingerprint density at radius 2 is 1.52 bits per heavy atom. The fourth-order valence-corrected chi connectivity index (χ4v) is 3.95. The molecule has 3 rings (SSSR count). The van der Waals surface area contributed by atoms with E-state index in [0.717, 1.165) is 4.90 Å². The van der Waals surface area contributed by atoms with Gasteiger partial charge in [-0.25, -0.2) is 0 Å². The number of rotatable bonds is 6. The molecule has 1 amide bonds. The minimum Gasteiger partial charge on any atom is -0.398 e. The van der Waals surface area contributed by atoms with Gasteiger partial charge in [0.15, 0.2) is 5.78 Å². The minimum atomic E-state index is -0.770. The molecular formula is C21H17ClN2O2S. The fraction of sp³-hybridized carbons (Fsp3) is 0.0476. The summed E-state index contributed by atoms with van der Waals surface area (Å²) < 4.78 is 0. The molecule has 0 aliphatic heterocycles. The molecule has 0 saturated carbocycles. The molecule has 0 aliphatic rings. The molecule has 4 nitrogen and oxygen atoms in total. The van der Waals surface area contributed by atoms with E-state index in [1.807, 2.05) is 36.4 Å². The van der Waals surface area contributed by atoms with Gasteiger partial charge < -0.3 is 11.5 Å². The van der Waals surface area contributed by atoms with Gasteiger partial charge in [-0.15, -0.1) is 11.8 Å². The number of halogens is 1. The van der Waals surface area contributed by atoms with Gasteiger partial charge in [-0.05, 0) is 24.3 Å². The van der Waals surface area contributed by atoms with Crippen molar-refractivity contribution in [2.75, 3.05) is 5.73 Å². The van der Waals surface area contributed by atoms with Crippen LogP contribution in [0.25, 0.3) is 0 Å². The molecule has 0 aromatic heterocycles. The molecule has 0 aliphatic carbocycles. The maximum atomic E-state index is 12.9. The van der Waals surface area contributed by atoms with E-state index in [-0.39, 0.29) is 17.0 Å². The number of amides is 1. The Bertz CT molecular complexity index is 978. The first-order chi connectivity index (χ1) is 13.0. The molecule has 1 unspecified atom stereocenters. The zero-order chi connectivity index (χ0) is 19.4. The van der Waals surface area contributed by atoms with Gasteiger partial charge in [0.25, 0.3) is 0 Å². The van der Waals surface area contributed by atoms with Gasteiger partial charge in [-0.1, -0.05) is 60.1 Å². The van der Waals surface area contributed by atoms with Gasteiger partial charge in [0.2, 0.25) is 5.91 Å². The van der Waals surface area contributed by atoms with Crippen molar-refractivity contribution in [1.29, 1.82) is 0 Å². The number of carbonyl (C=O) groups is 2. The number of carbonyl (C=O) groups excluding carboxylic acids is 2. The zero-order valence-corrected chi connectivity index (χ0v) is 15.8. The third-order valence-corrected chi connectivity index (χ3v) is 5.48. The quantitative estimate of drug-likeness (QED) is 0.365. The lowest BCUT2D eigenvalue weighted by atomic mass is 9.97.